The van der Waals surface area contributed by atoms with Crippen LogP contribution in [0.1, 0.15) is 78.6 Å². The van der Waals surface area contributed by atoms with Crippen LogP contribution in [0.15, 0.2) is 11.6 Å². The minimum Gasteiger partial charge on any atom is -0.458 e. The van der Waals surface area contributed by atoms with Crippen molar-refractivity contribution in [2.75, 3.05) is 13.7 Å². The van der Waals surface area contributed by atoms with Crippen molar-refractivity contribution in [3.8, 4) is 0 Å². The van der Waals surface area contributed by atoms with Crippen molar-refractivity contribution in [1.82, 2.24) is 0 Å². The van der Waals surface area contributed by atoms with Crippen molar-refractivity contribution in [2.24, 2.45) is 28.6 Å². The van der Waals surface area contributed by atoms with Gasteiger partial charge in [-0.1, -0.05) is 13.8 Å². The van der Waals surface area contributed by atoms with Gasteiger partial charge in [0, 0.05) is 18.6 Å². The molecule has 0 amide bonds. The van der Waals surface area contributed by atoms with E-state index in [-0.39, 0.29) is 34.1 Å². The standard InChI is InChI=1S/C30H44O8/c1-16-23(32)25(34-4)24(33)26(36-16)37-19-6-9-27(2)18(14-19)5-11-29-21(27)8-10-28(3)20(7-12-30(28,29)38-29)17-13-22(31)35-15-17/h13,16,18-21,23-26,32-33H,5-12,14-15H2,1-4H3/t16?,18-,19?,20+,21+,23?,24?,25?,26?,27+,28-,29+,30-/m1/s1. The summed E-state index contributed by atoms with van der Waals surface area (Å²) in [6.07, 6.45) is 7.59. The van der Waals surface area contributed by atoms with Crippen molar-refractivity contribution in [3.05, 3.63) is 11.6 Å². The molecular formula is C30H44O8. The quantitative estimate of drug-likeness (QED) is 0.323. The maximum Gasteiger partial charge on any atom is 0.331 e. The van der Waals surface area contributed by atoms with Gasteiger partial charge in [0.15, 0.2) is 6.29 Å². The molecule has 7 aliphatic rings. The molecule has 6 unspecified atom stereocenters. The Bertz CT molecular complexity index is 1030. The monoisotopic (exact) mass is 532 g/mol. The Balaban J connectivity index is 1.07. The number of hydrogen-bond acceptors (Lipinski definition) is 8. The van der Waals surface area contributed by atoms with Crippen LogP contribution in [0.4, 0.5) is 0 Å². The third-order valence-corrected chi connectivity index (χ3v) is 12.6. The predicted octanol–water partition coefficient (Wildman–Crippen LogP) is 3.27. The summed E-state index contributed by atoms with van der Waals surface area (Å²) >= 11 is 0. The van der Waals surface area contributed by atoms with Crippen molar-refractivity contribution in [3.63, 3.8) is 0 Å². The third kappa shape index (κ3) is 3.22. The first-order valence-electron chi connectivity index (χ1n) is 14.9. The summed E-state index contributed by atoms with van der Waals surface area (Å²) in [6, 6.07) is 0. The highest BCUT2D eigenvalue weighted by molar-refractivity contribution is 5.85. The van der Waals surface area contributed by atoms with Crippen LogP contribution in [0.5, 0.6) is 0 Å². The van der Waals surface area contributed by atoms with Crippen molar-refractivity contribution >= 4 is 5.97 Å². The molecule has 7 rings (SSSR count). The zero-order valence-corrected chi connectivity index (χ0v) is 23.2. The van der Waals surface area contributed by atoms with E-state index in [9.17, 15) is 15.0 Å². The molecule has 0 radical (unpaired) electrons. The molecule has 8 nitrogen and oxygen atoms in total. The number of hydrogen-bond donors (Lipinski definition) is 2. The fourth-order valence-electron chi connectivity index (χ4n) is 10.6. The molecule has 0 aromatic carbocycles. The van der Waals surface area contributed by atoms with E-state index in [1.54, 1.807) is 13.0 Å². The molecule has 2 N–H and O–H groups in total. The number of methoxy groups -OCH3 is 1. The largest absolute Gasteiger partial charge is 0.458 e. The summed E-state index contributed by atoms with van der Waals surface area (Å²) in [5.41, 5.74) is 1.36. The van der Waals surface area contributed by atoms with E-state index in [1.807, 2.05) is 0 Å². The Morgan fingerprint density at radius 1 is 1.03 bits per heavy atom. The number of fused-ring (bicyclic) bond motifs is 2. The van der Waals surface area contributed by atoms with E-state index < -0.39 is 30.7 Å². The zero-order valence-electron chi connectivity index (χ0n) is 23.2. The summed E-state index contributed by atoms with van der Waals surface area (Å²) in [5.74, 6) is 1.28. The molecule has 8 heteroatoms. The number of cyclic esters (lactones) is 1. The lowest BCUT2D eigenvalue weighted by Gasteiger charge is -2.58. The second-order valence-corrected chi connectivity index (χ2v) is 13.9. The normalized spacial score (nSPS) is 57.3. The van der Waals surface area contributed by atoms with Gasteiger partial charge in [0.2, 0.25) is 0 Å². The van der Waals surface area contributed by atoms with Crippen LogP contribution >= 0.6 is 0 Å². The first-order chi connectivity index (χ1) is 18.1. The van der Waals surface area contributed by atoms with Gasteiger partial charge >= 0.3 is 5.97 Å². The van der Waals surface area contributed by atoms with E-state index in [2.05, 4.69) is 13.8 Å². The number of epoxide rings is 1. The molecule has 212 valence electrons. The summed E-state index contributed by atoms with van der Waals surface area (Å²) in [4.78, 5) is 11.8. The average Bonchev–Trinajstić information content (AvgIpc) is 3.20. The van der Waals surface area contributed by atoms with Gasteiger partial charge in [-0.15, -0.1) is 0 Å². The second kappa shape index (κ2) is 8.49. The van der Waals surface area contributed by atoms with Crippen LogP contribution in [0.3, 0.4) is 0 Å². The first-order valence-corrected chi connectivity index (χ1v) is 14.9. The lowest BCUT2D eigenvalue weighted by atomic mass is 9.44. The number of ether oxygens (including phenoxy) is 5. The van der Waals surface area contributed by atoms with E-state index >= 15 is 0 Å². The van der Waals surface area contributed by atoms with Crippen molar-refractivity contribution in [1.29, 1.82) is 0 Å². The molecule has 3 heterocycles. The highest BCUT2D eigenvalue weighted by atomic mass is 16.7. The molecule has 4 aliphatic carbocycles. The molecule has 0 bridgehead atoms. The number of aliphatic hydroxyl groups excluding tert-OH is 2. The minimum absolute atomic E-state index is 0.0207. The Hall–Kier alpha value is -1.03. The van der Waals surface area contributed by atoms with Crippen LogP contribution in [0.2, 0.25) is 0 Å². The lowest BCUT2D eigenvalue weighted by molar-refractivity contribution is -0.312. The van der Waals surface area contributed by atoms with Gasteiger partial charge in [-0.05, 0) is 93.5 Å². The first kappa shape index (κ1) is 25.9. The van der Waals surface area contributed by atoms with Crippen LogP contribution in [-0.4, -0.2) is 77.9 Å². The number of aliphatic hydroxyl groups is 2. The average molecular weight is 533 g/mol. The van der Waals surface area contributed by atoms with E-state index in [0.717, 1.165) is 51.4 Å². The maximum atomic E-state index is 11.8. The molecule has 13 atom stereocenters. The van der Waals surface area contributed by atoms with Crippen LogP contribution in [0.25, 0.3) is 0 Å². The predicted molar refractivity (Wildman–Crippen MR) is 136 cm³/mol. The Morgan fingerprint density at radius 3 is 2.58 bits per heavy atom. The van der Waals surface area contributed by atoms with Gasteiger partial charge in [0.25, 0.3) is 0 Å². The van der Waals surface area contributed by atoms with Crippen LogP contribution in [-0.2, 0) is 28.5 Å². The van der Waals surface area contributed by atoms with Crippen molar-refractivity contribution in [2.45, 2.75) is 127 Å². The van der Waals surface area contributed by atoms with E-state index in [0.29, 0.717) is 24.4 Å². The molecular weight excluding hydrogens is 488 g/mol. The highest BCUT2D eigenvalue weighted by Gasteiger charge is 2.86. The van der Waals surface area contributed by atoms with Gasteiger partial charge < -0.3 is 33.9 Å². The summed E-state index contributed by atoms with van der Waals surface area (Å²) in [7, 11) is 1.50. The molecule has 2 spiro atoms. The van der Waals surface area contributed by atoms with Gasteiger partial charge in [0.1, 0.15) is 36.1 Å². The summed E-state index contributed by atoms with van der Waals surface area (Å²) in [5, 5.41) is 21.1. The van der Waals surface area contributed by atoms with Gasteiger partial charge in [-0.3, -0.25) is 0 Å². The third-order valence-electron chi connectivity index (χ3n) is 12.6. The molecule has 0 aromatic rings. The fraction of sp³-hybridized carbons (Fsp3) is 0.900. The Labute approximate surface area is 225 Å². The lowest BCUT2D eigenvalue weighted by Crippen LogP contribution is -2.60. The van der Waals surface area contributed by atoms with Gasteiger partial charge in [-0.2, -0.15) is 0 Å². The number of carbonyl (C=O) groups excluding carboxylic acids is 1. The number of rotatable bonds is 4. The number of esters is 1. The van der Waals surface area contributed by atoms with Gasteiger partial charge in [-0.25, -0.2) is 4.79 Å². The van der Waals surface area contributed by atoms with Crippen LogP contribution in [0, 0.1) is 28.6 Å². The molecule has 0 aromatic heterocycles. The zero-order chi connectivity index (χ0) is 26.7. The maximum absolute atomic E-state index is 11.8. The molecule has 6 fully saturated rings. The van der Waals surface area contributed by atoms with E-state index in [1.165, 1.54) is 19.1 Å². The summed E-state index contributed by atoms with van der Waals surface area (Å²) < 4.78 is 30.0. The molecule has 38 heavy (non-hydrogen) atoms. The number of carbonyl (C=O) groups is 1. The van der Waals surface area contributed by atoms with Gasteiger partial charge in [0.05, 0.1) is 12.2 Å². The smallest absolute Gasteiger partial charge is 0.331 e. The molecule has 2 saturated heterocycles. The minimum atomic E-state index is -1.02. The van der Waals surface area contributed by atoms with Crippen LogP contribution < -0.4 is 0 Å². The SMILES string of the molecule is COC1C(O)C(C)OC(OC2CC[C@@]3(C)[C@H](CC[C@@]45O[C@@]46CC[C@@H](C4=CC(=O)OC4)[C@@]6(C)CC[C@@H]35)C2)C1O. The molecule has 4 saturated carbocycles. The topological polar surface area (TPSA) is 107 Å². The second-order valence-electron chi connectivity index (χ2n) is 13.9. The Morgan fingerprint density at radius 2 is 1.84 bits per heavy atom. The fourth-order valence-corrected chi connectivity index (χ4v) is 10.6. The summed E-state index contributed by atoms with van der Waals surface area (Å²) in [6.45, 7) is 7.18. The van der Waals surface area contributed by atoms with Crippen molar-refractivity contribution < 1.29 is 38.7 Å². The molecule has 3 aliphatic heterocycles. The highest BCUT2D eigenvalue weighted by Crippen LogP contribution is 2.81. The van der Waals surface area contributed by atoms with E-state index in [4.69, 9.17) is 23.7 Å². The Kier molecular flexibility index (Phi) is 5.79.